The number of hydrogen-bond donors (Lipinski definition) is 1. The average Bonchev–Trinajstić information content (AvgIpc) is 2.60. The fraction of sp³-hybridized carbons (Fsp3) is 0.176. The first-order chi connectivity index (χ1) is 12.4. The van der Waals surface area contributed by atoms with Crippen molar-refractivity contribution in [2.24, 2.45) is 0 Å². The molecular weight excluding hydrogens is 380 g/mol. The molecule has 1 amide bonds. The molecule has 26 heavy (non-hydrogen) atoms. The van der Waals surface area contributed by atoms with Crippen LogP contribution in [0.15, 0.2) is 53.4 Å². The van der Waals surface area contributed by atoms with E-state index in [-0.39, 0.29) is 22.0 Å². The van der Waals surface area contributed by atoms with Gasteiger partial charge < -0.3 is 15.2 Å². The molecule has 1 N–H and O–H groups in total. The highest BCUT2D eigenvalue weighted by molar-refractivity contribution is 8.00. The van der Waals surface area contributed by atoms with Gasteiger partial charge in [0, 0.05) is 40.0 Å². The molecule has 0 aliphatic carbocycles. The number of halogens is 1. The molecule has 7 nitrogen and oxygen atoms in total. The van der Waals surface area contributed by atoms with Crippen LogP contribution < -0.4 is 10.4 Å². The Labute approximate surface area is 158 Å². The Balaban J connectivity index is 2.14. The number of carboxylic acid groups (broad SMARTS) is 1. The van der Waals surface area contributed by atoms with Gasteiger partial charge in [0.1, 0.15) is 0 Å². The van der Waals surface area contributed by atoms with Crippen molar-refractivity contribution in [1.29, 1.82) is 0 Å². The zero-order valence-electron chi connectivity index (χ0n) is 13.4. The predicted molar refractivity (Wildman–Crippen MR) is 95.8 cm³/mol. The SMILES string of the molecule is O=C([O-])C[C@@H](NC(=O)CSc1ccccc1)c1cc([N+](=O)[O-])ccc1Cl. The number of carboxylic acids is 1. The molecule has 1 atom stereocenters. The third kappa shape index (κ3) is 5.75. The van der Waals surface area contributed by atoms with Crippen LogP contribution in [-0.2, 0) is 9.59 Å². The lowest BCUT2D eigenvalue weighted by Crippen LogP contribution is -2.35. The maximum Gasteiger partial charge on any atom is 0.269 e. The second-order valence-corrected chi connectivity index (χ2v) is 6.72. The maximum atomic E-state index is 12.2. The number of non-ortho nitro benzene ring substituents is 1. The largest absolute Gasteiger partial charge is 0.550 e. The van der Waals surface area contributed by atoms with Gasteiger partial charge in [-0.15, -0.1) is 11.8 Å². The zero-order chi connectivity index (χ0) is 19.1. The van der Waals surface area contributed by atoms with Crippen molar-refractivity contribution in [3.8, 4) is 0 Å². The second-order valence-electron chi connectivity index (χ2n) is 5.26. The summed E-state index contributed by atoms with van der Waals surface area (Å²) in [6.07, 6.45) is -0.553. The fourth-order valence-corrected chi connectivity index (χ4v) is 3.20. The highest BCUT2D eigenvalue weighted by Crippen LogP contribution is 2.29. The number of carbonyl (C=O) groups is 2. The first kappa shape index (κ1) is 19.7. The summed E-state index contributed by atoms with van der Waals surface area (Å²) in [5, 5.41) is 24.6. The van der Waals surface area contributed by atoms with Gasteiger partial charge in [-0.3, -0.25) is 14.9 Å². The molecule has 2 aromatic rings. The molecule has 0 bridgehead atoms. The van der Waals surface area contributed by atoms with Gasteiger partial charge in [0.15, 0.2) is 0 Å². The van der Waals surface area contributed by atoms with Crippen LogP contribution in [-0.4, -0.2) is 22.6 Å². The molecular formula is C17H14ClN2O5S-. The van der Waals surface area contributed by atoms with Gasteiger partial charge in [-0.2, -0.15) is 0 Å². The lowest BCUT2D eigenvalue weighted by Gasteiger charge is -2.20. The van der Waals surface area contributed by atoms with E-state index in [4.69, 9.17) is 11.6 Å². The number of nitrogens with zero attached hydrogens (tertiary/aromatic N) is 1. The number of nitro benzene ring substituents is 1. The van der Waals surface area contributed by atoms with Crippen molar-refractivity contribution in [3.63, 3.8) is 0 Å². The number of nitrogens with one attached hydrogen (secondary N) is 1. The molecule has 0 fully saturated rings. The second kappa shape index (κ2) is 9.21. The molecule has 136 valence electrons. The van der Waals surface area contributed by atoms with E-state index in [1.54, 1.807) is 0 Å². The Bertz CT molecular complexity index is 816. The zero-order valence-corrected chi connectivity index (χ0v) is 15.0. The van der Waals surface area contributed by atoms with Crippen molar-refractivity contribution in [3.05, 3.63) is 69.2 Å². The van der Waals surface area contributed by atoms with Crippen molar-refractivity contribution in [2.45, 2.75) is 17.4 Å². The van der Waals surface area contributed by atoms with E-state index in [1.165, 1.54) is 23.9 Å². The van der Waals surface area contributed by atoms with Gasteiger partial charge in [-0.1, -0.05) is 29.8 Å². The minimum Gasteiger partial charge on any atom is -0.550 e. The molecule has 0 radical (unpaired) electrons. The topological polar surface area (TPSA) is 112 Å². The van der Waals surface area contributed by atoms with Crippen LogP contribution in [0, 0.1) is 10.1 Å². The van der Waals surface area contributed by atoms with E-state index in [2.05, 4.69) is 5.32 Å². The first-order valence-corrected chi connectivity index (χ1v) is 8.84. The molecule has 0 saturated heterocycles. The summed E-state index contributed by atoms with van der Waals surface area (Å²) in [6.45, 7) is 0. The van der Waals surface area contributed by atoms with Crippen molar-refractivity contribution < 1.29 is 19.6 Å². The number of nitro groups is 1. The van der Waals surface area contributed by atoms with E-state index < -0.39 is 29.3 Å². The van der Waals surface area contributed by atoms with Gasteiger partial charge in [-0.05, 0) is 18.2 Å². The number of hydrogen-bond acceptors (Lipinski definition) is 6. The molecule has 0 aliphatic heterocycles. The summed E-state index contributed by atoms with van der Waals surface area (Å²) >= 11 is 7.32. The quantitative estimate of drug-likeness (QED) is 0.418. The Morgan fingerprint density at radius 3 is 2.50 bits per heavy atom. The minimum atomic E-state index is -1.41. The fourth-order valence-electron chi connectivity index (χ4n) is 2.22. The lowest BCUT2D eigenvalue weighted by molar-refractivity contribution is -0.385. The maximum absolute atomic E-state index is 12.2. The summed E-state index contributed by atoms with van der Waals surface area (Å²) in [7, 11) is 0. The van der Waals surface area contributed by atoms with Crippen LogP contribution >= 0.6 is 23.4 Å². The summed E-state index contributed by atoms with van der Waals surface area (Å²) in [5.41, 5.74) is -0.0937. The minimum absolute atomic E-state index is 0.0557. The normalized spacial score (nSPS) is 11.6. The van der Waals surface area contributed by atoms with E-state index in [0.29, 0.717) is 0 Å². The van der Waals surface area contributed by atoms with Crippen molar-refractivity contribution in [2.75, 3.05) is 5.75 Å². The number of amides is 1. The molecule has 0 unspecified atom stereocenters. The Morgan fingerprint density at radius 2 is 1.88 bits per heavy atom. The van der Waals surface area contributed by atoms with E-state index >= 15 is 0 Å². The highest BCUT2D eigenvalue weighted by atomic mass is 35.5. The Morgan fingerprint density at radius 1 is 1.19 bits per heavy atom. The molecule has 0 saturated carbocycles. The number of aliphatic carboxylic acids is 1. The monoisotopic (exact) mass is 393 g/mol. The van der Waals surface area contributed by atoms with Crippen molar-refractivity contribution in [1.82, 2.24) is 5.32 Å². The molecule has 2 aromatic carbocycles. The van der Waals surface area contributed by atoms with Gasteiger partial charge in [0.2, 0.25) is 5.91 Å². The molecule has 0 spiro atoms. The predicted octanol–water partition coefficient (Wildman–Crippen LogP) is 2.34. The van der Waals surface area contributed by atoms with Gasteiger partial charge in [-0.25, -0.2) is 0 Å². The smallest absolute Gasteiger partial charge is 0.269 e. The standard InChI is InChI=1S/C17H15ClN2O5S/c18-14-7-6-11(20(24)25)8-13(14)15(9-17(22)23)19-16(21)10-26-12-4-2-1-3-5-12/h1-8,15H,9-10H2,(H,19,21)(H,22,23)/p-1/t15-/m1/s1. The van der Waals surface area contributed by atoms with E-state index in [1.807, 2.05) is 30.3 Å². The van der Waals surface area contributed by atoms with Gasteiger partial charge in [0.05, 0.1) is 16.7 Å². The van der Waals surface area contributed by atoms with Crippen molar-refractivity contribution >= 4 is 40.9 Å². The third-order valence-corrected chi connectivity index (χ3v) is 4.74. The summed E-state index contributed by atoms with van der Waals surface area (Å²) in [6, 6.07) is 11.8. The van der Waals surface area contributed by atoms with E-state index in [9.17, 15) is 24.8 Å². The summed E-state index contributed by atoms with van der Waals surface area (Å²) in [5.74, 6) is -1.78. The molecule has 0 heterocycles. The number of carbonyl (C=O) groups excluding carboxylic acids is 2. The lowest BCUT2D eigenvalue weighted by atomic mass is 10.0. The summed E-state index contributed by atoms with van der Waals surface area (Å²) in [4.78, 5) is 34.4. The van der Waals surface area contributed by atoms with Crippen LogP contribution in [0.4, 0.5) is 5.69 Å². The van der Waals surface area contributed by atoms with Crippen LogP contribution in [0.5, 0.6) is 0 Å². The van der Waals surface area contributed by atoms with Crippen LogP contribution in [0.25, 0.3) is 0 Å². The number of rotatable bonds is 8. The Kier molecular flexibility index (Phi) is 6.99. The third-order valence-electron chi connectivity index (χ3n) is 3.38. The molecule has 0 aromatic heterocycles. The molecule has 0 aliphatic rings. The highest BCUT2D eigenvalue weighted by Gasteiger charge is 2.21. The average molecular weight is 394 g/mol. The van der Waals surface area contributed by atoms with Crippen LogP contribution in [0.3, 0.4) is 0 Å². The number of benzene rings is 2. The molecule has 9 heteroatoms. The Hall–Kier alpha value is -2.58. The van der Waals surface area contributed by atoms with E-state index in [0.717, 1.165) is 11.0 Å². The van der Waals surface area contributed by atoms with Crippen LogP contribution in [0.1, 0.15) is 18.0 Å². The van der Waals surface area contributed by atoms with Gasteiger partial charge in [0.25, 0.3) is 5.69 Å². The van der Waals surface area contributed by atoms with Crippen LogP contribution in [0.2, 0.25) is 5.02 Å². The first-order valence-electron chi connectivity index (χ1n) is 7.47. The summed E-state index contributed by atoms with van der Waals surface area (Å²) < 4.78 is 0. The number of thioether (sulfide) groups is 1. The molecule has 2 rings (SSSR count). The van der Waals surface area contributed by atoms with Gasteiger partial charge >= 0.3 is 0 Å².